The Bertz CT molecular complexity index is 571. The summed E-state index contributed by atoms with van der Waals surface area (Å²) in [7, 11) is 0. The van der Waals surface area contributed by atoms with Gasteiger partial charge in [0, 0.05) is 17.3 Å². The zero-order valence-corrected chi connectivity index (χ0v) is 11.2. The third-order valence-electron chi connectivity index (χ3n) is 2.67. The summed E-state index contributed by atoms with van der Waals surface area (Å²) in [6.45, 7) is 0. The number of hydrogen-bond donors (Lipinski definition) is 0. The summed E-state index contributed by atoms with van der Waals surface area (Å²) < 4.78 is 75.2. The molecule has 0 N–H and O–H groups in total. The highest BCUT2D eigenvalue weighted by Crippen LogP contribution is 2.38. The van der Waals surface area contributed by atoms with Gasteiger partial charge in [-0.25, -0.2) is 0 Å². The van der Waals surface area contributed by atoms with E-state index in [4.69, 9.17) is 0 Å². The number of thiophene rings is 1. The van der Waals surface area contributed by atoms with E-state index >= 15 is 0 Å². The highest BCUT2D eigenvalue weighted by Gasteiger charge is 2.52. The Morgan fingerprint density at radius 2 is 1.41 bits per heavy atom. The maximum atomic E-state index is 12.5. The Labute approximate surface area is 123 Å². The third kappa shape index (κ3) is 2.93. The molecule has 0 atom stereocenters. The summed E-state index contributed by atoms with van der Waals surface area (Å²) in [4.78, 5) is 22.7. The van der Waals surface area contributed by atoms with E-state index in [9.17, 15) is 35.9 Å². The van der Waals surface area contributed by atoms with Gasteiger partial charge in [0.25, 0.3) is 0 Å². The number of rotatable bonds is 1. The first kappa shape index (κ1) is 16.3. The van der Waals surface area contributed by atoms with E-state index in [2.05, 4.69) is 0 Å². The molecular formula is C11H6F6N2O2S. The molecular weight excluding hydrogens is 338 g/mol. The molecule has 0 saturated heterocycles. The molecule has 0 radical (unpaired) electrons. The normalized spacial score (nSPS) is 16.5. The van der Waals surface area contributed by atoms with Crippen LogP contribution in [-0.2, 0) is 9.59 Å². The van der Waals surface area contributed by atoms with E-state index in [0.29, 0.717) is 12.4 Å². The smallest absolute Gasteiger partial charge is 0.283 e. The van der Waals surface area contributed by atoms with Crippen LogP contribution in [0.4, 0.5) is 26.3 Å². The third-order valence-corrected chi connectivity index (χ3v) is 3.58. The topological polar surface area (TPSA) is 40.6 Å². The molecule has 4 nitrogen and oxygen atoms in total. The quantitative estimate of drug-likeness (QED) is 0.735. The second-order valence-electron chi connectivity index (χ2n) is 4.11. The van der Waals surface area contributed by atoms with E-state index in [1.807, 2.05) is 0 Å². The van der Waals surface area contributed by atoms with Crippen molar-refractivity contribution in [3.63, 3.8) is 0 Å². The summed E-state index contributed by atoms with van der Waals surface area (Å²) in [5, 5.41) is 1.40. The first-order valence-corrected chi connectivity index (χ1v) is 6.42. The molecule has 2 heterocycles. The number of halogens is 6. The van der Waals surface area contributed by atoms with Gasteiger partial charge in [0.05, 0.1) is 0 Å². The highest BCUT2D eigenvalue weighted by atomic mass is 32.1. The van der Waals surface area contributed by atoms with Crippen molar-refractivity contribution in [1.29, 1.82) is 0 Å². The molecule has 11 heteroatoms. The standard InChI is InChI=1S/C11H6F6N2O2S/c12-10(13,14)8(20)18-3-4-19(9(21)11(15,16)17)7(18)6-2-1-5-22-6/h1-5,7H. The molecule has 22 heavy (non-hydrogen) atoms. The SMILES string of the molecule is O=C(N1C=CN(C(=O)C(F)(F)F)C1c1cccs1)C(F)(F)F. The predicted molar refractivity (Wildman–Crippen MR) is 62.0 cm³/mol. The molecule has 0 aliphatic carbocycles. The zero-order chi connectivity index (χ0) is 16.7. The van der Waals surface area contributed by atoms with Crippen molar-refractivity contribution < 1.29 is 35.9 Å². The van der Waals surface area contributed by atoms with E-state index in [1.165, 1.54) is 17.5 Å². The van der Waals surface area contributed by atoms with Crippen LogP contribution in [0.25, 0.3) is 0 Å². The number of nitrogens with zero attached hydrogens (tertiary/aromatic N) is 2. The number of carbonyl (C=O) groups excluding carboxylic acids is 2. The van der Waals surface area contributed by atoms with Crippen LogP contribution in [0.2, 0.25) is 0 Å². The van der Waals surface area contributed by atoms with Crippen LogP contribution in [0.15, 0.2) is 29.9 Å². The maximum Gasteiger partial charge on any atom is 0.471 e. The van der Waals surface area contributed by atoms with Crippen molar-refractivity contribution in [1.82, 2.24) is 9.80 Å². The molecule has 2 rings (SSSR count). The Balaban J connectivity index is 2.41. The lowest BCUT2D eigenvalue weighted by atomic mass is 10.3. The summed E-state index contributed by atoms with van der Waals surface area (Å²) in [5.41, 5.74) is 0. The minimum Gasteiger partial charge on any atom is -0.283 e. The molecule has 1 aliphatic rings. The van der Waals surface area contributed by atoms with Crippen LogP contribution in [-0.4, -0.2) is 34.0 Å². The Hall–Kier alpha value is -2.04. The fourth-order valence-corrected chi connectivity index (χ4v) is 2.62. The van der Waals surface area contributed by atoms with Gasteiger partial charge in [-0.3, -0.25) is 19.4 Å². The van der Waals surface area contributed by atoms with Gasteiger partial charge in [-0.05, 0) is 11.4 Å². The maximum absolute atomic E-state index is 12.5. The fourth-order valence-electron chi connectivity index (χ4n) is 1.80. The summed E-state index contributed by atoms with van der Waals surface area (Å²) >= 11 is 0.821. The second-order valence-corrected chi connectivity index (χ2v) is 5.09. The molecule has 0 saturated carbocycles. The van der Waals surface area contributed by atoms with Gasteiger partial charge in [0.15, 0.2) is 6.17 Å². The molecule has 1 aromatic rings. The molecule has 1 aromatic heterocycles. The molecule has 0 unspecified atom stereocenters. The van der Waals surface area contributed by atoms with Gasteiger partial charge in [0.2, 0.25) is 0 Å². The van der Waals surface area contributed by atoms with Crippen molar-refractivity contribution in [3.8, 4) is 0 Å². The van der Waals surface area contributed by atoms with E-state index in [0.717, 1.165) is 11.3 Å². The number of alkyl halides is 6. The van der Waals surface area contributed by atoms with Crippen LogP contribution >= 0.6 is 11.3 Å². The molecule has 0 bridgehead atoms. The zero-order valence-electron chi connectivity index (χ0n) is 10.4. The van der Waals surface area contributed by atoms with Crippen LogP contribution in [0.3, 0.4) is 0 Å². The lowest BCUT2D eigenvalue weighted by Crippen LogP contribution is -2.45. The van der Waals surface area contributed by atoms with Gasteiger partial charge in [0.1, 0.15) is 0 Å². The van der Waals surface area contributed by atoms with Crippen molar-refractivity contribution in [2.45, 2.75) is 18.5 Å². The highest BCUT2D eigenvalue weighted by molar-refractivity contribution is 7.10. The van der Waals surface area contributed by atoms with Crippen LogP contribution in [0.1, 0.15) is 11.0 Å². The first-order chi connectivity index (χ1) is 10.0. The first-order valence-electron chi connectivity index (χ1n) is 5.54. The molecule has 2 amide bonds. The predicted octanol–water partition coefficient (Wildman–Crippen LogP) is 3.01. The fraction of sp³-hybridized carbons (Fsp3) is 0.273. The minimum atomic E-state index is -5.28. The van der Waals surface area contributed by atoms with Crippen LogP contribution in [0, 0.1) is 0 Å². The Morgan fingerprint density at radius 1 is 0.955 bits per heavy atom. The van der Waals surface area contributed by atoms with Crippen molar-refractivity contribution in [2.24, 2.45) is 0 Å². The van der Waals surface area contributed by atoms with E-state index in [1.54, 1.807) is 0 Å². The van der Waals surface area contributed by atoms with Crippen LogP contribution < -0.4 is 0 Å². The lowest BCUT2D eigenvalue weighted by molar-refractivity contribution is -0.193. The average molecular weight is 344 g/mol. The largest absolute Gasteiger partial charge is 0.471 e. The number of amides is 2. The summed E-state index contributed by atoms with van der Waals surface area (Å²) in [5.74, 6) is -4.72. The number of carbonyl (C=O) groups is 2. The number of hydrogen-bond acceptors (Lipinski definition) is 3. The molecule has 0 fully saturated rings. The Kier molecular flexibility index (Phi) is 3.94. The summed E-state index contributed by atoms with van der Waals surface area (Å²) in [6, 6.07) is 2.61. The van der Waals surface area contributed by atoms with Gasteiger partial charge >= 0.3 is 24.2 Å². The van der Waals surface area contributed by atoms with Crippen molar-refractivity contribution in [2.75, 3.05) is 0 Å². The van der Waals surface area contributed by atoms with Gasteiger partial charge in [-0.2, -0.15) is 26.3 Å². The van der Waals surface area contributed by atoms with Crippen molar-refractivity contribution in [3.05, 3.63) is 34.8 Å². The summed E-state index contributed by atoms with van der Waals surface area (Å²) in [6.07, 6.45) is -11.4. The van der Waals surface area contributed by atoms with Gasteiger partial charge < -0.3 is 0 Å². The molecule has 0 spiro atoms. The lowest BCUT2D eigenvalue weighted by Gasteiger charge is -2.30. The second kappa shape index (κ2) is 5.30. The monoisotopic (exact) mass is 344 g/mol. The minimum absolute atomic E-state index is 0.0137. The van der Waals surface area contributed by atoms with Crippen molar-refractivity contribution >= 4 is 23.2 Å². The van der Waals surface area contributed by atoms with Gasteiger partial charge in [-0.15, -0.1) is 11.3 Å². The average Bonchev–Trinajstić information content (AvgIpc) is 3.03. The van der Waals surface area contributed by atoms with Crippen LogP contribution in [0.5, 0.6) is 0 Å². The van der Waals surface area contributed by atoms with E-state index in [-0.39, 0.29) is 14.7 Å². The van der Waals surface area contributed by atoms with E-state index < -0.39 is 30.3 Å². The van der Waals surface area contributed by atoms with Gasteiger partial charge in [-0.1, -0.05) is 6.07 Å². The Morgan fingerprint density at radius 3 is 1.73 bits per heavy atom. The molecule has 0 aromatic carbocycles. The molecule has 120 valence electrons. The molecule has 1 aliphatic heterocycles.